The number of carbonyl (C=O) groups is 5. The van der Waals surface area contributed by atoms with Crippen molar-refractivity contribution in [3.63, 3.8) is 0 Å². The Morgan fingerprint density at radius 1 is 0.944 bits per heavy atom. The van der Waals surface area contributed by atoms with Gasteiger partial charge in [-0.3, -0.25) is 23.7 Å². The molecule has 1 aliphatic heterocycles. The van der Waals surface area contributed by atoms with Crippen LogP contribution in [0.5, 0.6) is 5.75 Å². The van der Waals surface area contributed by atoms with Gasteiger partial charge in [-0.05, 0) is 18.2 Å². The fourth-order valence-electron chi connectivity index (χ4n) is 4.14. The Balaban J connectivity index is 2.35. The van der Waals surface area contributed by atoms with Crippen LogP contribution in [0.2, 0.25) is 0 Å². The Labute approximate surface area is 204 Å². The molecule has 2 heterocycles. The molecule has 0 amide bonds. The second-order valence-electron chi connectivity index (χ2n) is 8.07. The maximum atomic E-state index is 12.7. The third kappa shape index (κ3) is 4.88. The molecule has 2 N–H and O–H groups in total. The van der Waals surface area contributed by atoms with E-state index in [9.17, 15) is 34.2 Å². The number of hydrogen-bond acceptors (Lipinski definition) is 12. The van der Waals surface area contributed by atoms with E-state index in [-0.39, 0.29) is 22.2 Å². The molecule has 1 saturated heterocycles. The third-order valence-electron chi connectivity index (χ3n) is 5.46. The van der Waals surface area contributed by atoms with Crippen LogP contribution in [-0.2, 0) is 48.6 Å². The van der Waals surface area contributed by atoms with Gasteiger partial charge in [0.05, 0.1) is 12.6 Å². The Kier molecular flexibility index (Phi) is 7.36. The molecule has 0 unspecified atom stereocenters. The number of fused-ring (bicyclic) bond motifs is 1. The molecule has 0 saturated carbocycles. The van der Waals surface area contributed by atoms with Crippen LogP contribution in [0.15, 0.2) is 24.4 Å². The molecule has 0 aliphatic carbocycles. The molecule has 1 fully saturated rings. The van der Waals surface area contributed by atoms with Gasteiger partial charge < -0.3 is 33.9 Å². The van der Waals surface area contributed by atoms with E-state index in [1.54, 1.807) is 0 Å². The fraction of sp³-hybridized carbons (Fsp3) is 0.435. The number of methoxy groups -OCH3 is 1. The van der Waals surface area contributed by atoms with Crippen molar-refractivity contribution in [1.82, 2.24) is 4.57 Å². The summed E-state index contributed by atoms with van der Waals surface area (Å²) < 4.78 is 27.4. The zero-order chi connectivity index (χ0) is 26.9. The third-order valence-corrected chi connectivity index (χ3v) is 5.46. The van der Waals surface area contributed by atoms with Crippen LogP contribution < -0.4 is 0 Å². The van der Waals surface area contributed by atoms with E-state index in [2.05, 4.69) is 0 Å². The molecule has 2 aromatic rings. The van der Waals surface area contributed by atoms with Gasteiger partial charge in [-0.2, -0.15) is 0 Å². The largest absolute Gasteiger partial charge is 0.508 e. The van der Waals surface area contributed by atoms with Gasteiger partial charge in [0.15, 0.2) is 18.3 Å². The molecular weight excluding hydrogens is 482 g/mol. The first kappa shape index (κ1) is 26.6. The minimum atomic E-state index is -2.77. The average molecular weight is 507 g/mol. The number of phenols is 1. The normalized spacial score (nSPS) is 25.6. The molecule has 3 rings (SSSR count). The van der Waals surface area contributed by atoms with Gasteiger partial charge >= 0.3 is 23.9 Å². The van der Waals surface area contributed by atoms with Crippen LogP contribution >= 0.6 is 0 Å². The molecule has 1 aliphatic rings. The maximum absolute atomic E-state index is 12.7. The topological polar surface area (TPSA) is 177 Å². The number of benzene rings is 1. The minimum Gasteiger partial charge on any atom is -0.508 e. The number of hydrogen-bond donors (Lipinski definition) is 2. The summed E-state index contributed by atoms with van der Waals surface area (Å²) >= 11 is 0. The summed E-state index contributed by atoms with van der Waals surface area (Å²) in [5.41, 5.74) is 0.0110. The van der Waals surface area contributed by atoms with Crippen molar-refractivity contribution < 1.29 is 57.9 Å². The predicted molar refractivity (Wildman–Crippen MR) is 117 cm³/mol. The van der Waals surface area contributed by atoms with Crippen LogP contribution in [-0.4, -0.2) is 76.1 Å². The van der Waals surface area contributed by atoms with E-state index in [0.717, 1.165) is 38.6 Å². The van der Waals surface area contributed by atoms with Crippen LogP contribution in [0.4, 0.5) is 0 Å². The van der Waals surface area contributed by atoms with Gasteiger partial charge in [0.2, 0.25) is 17.8 Å². The predicted octanol–water partition coefficient (Wildman–Crippen LogP) is 0.519. The maximum Gasteiger partial charge on any atom is 0.339 e. The number of aromatic nitrogens is 1. The first-order valence-corrected chi connectivity index (χ1v) is 10.6. The van der Waals surface area contributed by atoms with E-state index in [1.165, 1.54) is 25.1 Å². The lowest BCUT2D eigenvalue weighted by Gasteiger charge is -2.47. The number of carbonyl (C=O) groups excluding carboxylic acids is 5. The highest BCUT2D eigenvalue weighted by Gasteiger charge is 2.63. The Hall–Kier alpha value is -3.97. The van der Waals surface area contributed by atoms with Crippen molar-refractivity contribution in [2.45, 2.75) is 57.9 Å². The molecule has 13 heteroatoms. The van der Waals surface area contributed by atoms with Crippen molar-refractivity contribution in [2.75, 3.05) is 7.11 Å². The van der Waals surface area contributed by atoms with Gasteiger partial charge in [0, 0.05) is 44.8 Å². The highest BCUT2D eigenvalue weighted by Crippen LogP contribution is 2.44. The highest BCUT2D eigenvalue weighted by atomic mass is 16.7. The van der Waals surface area contributed by atoms with Crippen LogP contribution in [0, 0.1) is 0 Å². The molecule has 0 bridgehead atoms. The Morgan fingerprint density at radius 2 is 1.53 bits per heavy atom. The van der Waals surface area contributed by atoms with Gasteiger partial charge in [-0.25, -0.2) is 4.79 Å². The molecular formula is C23H25NO12. The summed E-state index contributed by atoms with van der Waals surface area (Å²) in [6.07, 6.45) is -6.07. The lowest BCUT2D eigenvalue weighted by atomic mass is 9.87. The SMILES string of the molecule is COC(=O)[C@H]1O[C@](O)(c2cn(C(C)=O)c3ccc(O)cc23)[C@H](OC(C)=O)[C@@H](OC(C)=O)[C@@H]1OC(C)=O. The number of ether oxygens (including phenoxy) is 5. The van der Waals surface area contributed by atoms with Gasteiger partial charge in [0.25, 0.3) is 0 Å². The number of aliphatic hydroxyl groups is 1. The fourth-order valence-corrected chi connectivity index (χ4v) is 4.14. The monoisotopic (exact) mass is 507 g/mol. The second-order valence-corrected chi connectivity index (χ2v) is 8.07. The minimum absolute atomic E-state index is 0.0842. The first-order valence-electron chi connectivity index (χ1n) is 10.6. The quantitative estimate of drug-likeness (QED) is 0.424. The molecule has 0 spiro atoms. The van der Waals surface area contributed by atoms with Crippen molar-refractivity contribution in [3.05, 3.63) is 30.0 Å². The summed E-state index contributed by atoms with van der Waals surface area (Å²) in [6.45, 7) is 4.27. The molecule has 13 nitrogen and oxygen atoms in total. The molecule has 5 atom stereocenters. The van der Waals surface area contributed by atoms with Crippen LogP contribution in [0.3, 0.4) is 0 Å². The summed E-state index contributed by atoms with van der Waals surface area (Å²) in [4.78, 5) is 60.9. The van der Waals surface area contributed by atoms with Gasteiger partial charge in [0.1, 0.15) is 5.75 Å². The van der Waals surface area contributed by atoms with E-state index in [1.807, 2.05) is 0 Å². The van der Waals surface area contributed by atoms with Crippen molar-refractivity contribution in [1.29, 1.82) is 0 Å². The van der Waals surface area contributed by atoms with Crippen molar-refractivity contribution in [3.8, 4) is 5.75 Å². The van der Waals surface area contributed by atoms with E-state index < -0.39 is 60.0 Å². The van der Waals surface area contributed by atoms with Gasteiger partial charge in [-0.15, -0.1) is 0 Å². The first-order chi connectivity index (χ1) is 16.8. The molecule has 36 heavy (non-hydrogen) atoms. The highest BCUT2D eigenvalue weighted by molar-refractivity contribution is 5.95. The molecule has 194 valence electrons. The Morgan fingerprint density at radius 3 is 2.06 bits per heavy atom. The number of nitrogens with zero attached hydrogens (tertiary/aromatic N) is 1. The number of rotatable bonds is 5. The average Bonchev–Trinajstić information content (AvgIpc) is 3.16. The summed E-state index contributed by atoms with van der Waals surface area (Å²) in [5, 5.41) is 22.1. The number of esters is 4. The summed E-state index contributed by atoms with van der Waals surface area (Å²) in [5.74, 6) is -7.39. The van der Waals surface area contributed by atoms with Crippen molar-refractivity contribution in [2.24, 2.45) is 0 Å². The van der Waals surface area contributed by atoms with E-state index in [0.29, 0.717) is 0 Å². The number of phenolic OH excluding ortho intramolecular Hbond substituents is 1. The zero-order valence-corrected chi connectivity index (χ0v) is 20.0. The zero-order valence-electron chi connectivity index (χ0n) is 20.0. The smallest absolute Gasteiger partial charge is 0.339 e. The van der Waals surface area contributed by atoms with Gasteiger partial charge in [-0.1, -0.05) is 0 Å². The van der Waals surface area contributed by atoms with E-state index >= 15 is 0 Å². The van der Waals surface area contributed by atoms with E-state index in [4.69, 9.17) is 23.7 Å². The second kappa shape index (κ2) is 9.95. The molecule has 0 radical (unpaired) electrons. The molecule has 1 aromatic heterocycles. The lowest BCUT2D eigenvalue weighted by molar-refractivity contribution is -0.352. The van der Waals surface area contributed by atoms with Crippen LogP contribution in [0.1, 0.15) is 38.1 Å². The van der Waals surface area contributed by atoms with Crippen molar-refractivity contribution >= 4 is 40.7 Å². The molecule has 1 aromatic carbocycles. The number of aromatic hydroxyl groups is 1. The lowest BCUT2D eigenvalue weighted by Crippen LogP contribution is -2.67. The summed E-state index contributed by atoms with van der Waals surface area (Å²) in [6, 6.07) is 3.91. The van der Waals surface area contributed by atoms with Crippen LogP contribution in [0.25, 0.3) is 10.9 Å². The Bertz CT molecular complexity index is 1230. The standard InChI is InChI=1S/C23H25NO12/c1-10(25)24-9-16(15-8-14(29)6-7-17(15)24)23(31)21(35-13(4)28)19(34-12(3)27)18(33-11(2)26)20(36-23)22(30)32-5/h6-9,18-21,29,31H,1-5H3/t18-,19-,20-,21+,23+/m0/s1. The summed E-state index contributed by atoms with van der Waals surface area (Å²) in [7, 11) is 1.01.